The molecule has 0 saturated heterocycles. The fourth-order valence-corrected chi connectivity index (χ4v) is 2.52. The molecule has 5 heteroatoms. The minimum Gasteiger partial charge on any atom is -0.370 e. The van der Waals surface area contributed by atoms with Gasteiger partial charge in [0.25, 0.3) is 11.7 Å². The Bertz CT molecular complexity index is 554. The molecule has 1 aliphatic heterocycles. The van der Waals surface area contributed by atoms with Gasteiger partial charge in [-0.05, 0) is 38.7 Å². The Balaban J connectivity index is 2.27. The molecule has 1 aromatic rings. The van der Waals surface area contributed by atoms with E-state index in [2.05, 4.69) is 30.8 Å². The van der Waals surface area contributed by atoms with Crippen LogP contribution in [0.2, 0.25) is 0 Å². The molecule has 0 spiro atoms. The topological polar surface area (TPSA) is 43.9 Å². The molecular weight excluding hydrogens is 266 g/mol. The first-order chi connectivity index (χ1) is 9.95. The number of hydrogen-bond acceptors (Lipinski definition) is 4. The molecule has 114 valence electrons. The Morgan fingerprint density at radius 2 is 1.81 bits per heavy atom. The molecule has 0 bridgehead atoms. The molecule has 0 fully saturated rings. The summed E-state index contributed by atoms with van der Waals surface area (Å²) in [5, 5.41) is 0. The molecule has 2 rings (SSSR count). The van der Waals surface area contributed by atoms with Gasteiger partial charge in [-0.2, -0.15) is 0 Å². The standard InChI is InChI=1S/C16H23N3O2/c1-5-8-19(10-9-17(2)3)12-6-7-13-14(11-12)18(4)16(21)15(13)20/h6-7,11H,5,8-10H2,1-4H3. The fraction of sp³-hybridized carbons (Fsp3) is 0.500. The highest BCUT2D eigenvalue weighted by Crippen LogP contribution is 2.31. The van der Waals surface area contributed by atoms with Crippen molar-refractivity contribution < 1.29 is 9.59 Å². The van der Waals surface area contributed by atoms with E-state index < -0.39 is 11.7 Å². The van der Waals surface area contributed by atoms with E-state index in [1.807, 2.05) is 12.1 Å². The number of amides is 1. The van der Waals surface area contributed by atoms with Crippen LogP contribution in [0.1, 0.15) is 23.7 Å². The van der Waals surface area contributed by atoms with Crippen LogP contribution in [0.3, 0.4) is 0 Å². The lowest BCUT2D eigenvalue weighted by Crippen LogP contribution is -2.32. The van der Waals surface area contributed by atoms with Gasteiger partial charge < -0.3 is 14.7 Å². The van der Waals surface area contributed by atoms with Gasteiger partial charge >= 0.3 is 0 Å². The van der Waals surface area contributed by atoms with E-state index in [-0.39, 0.29) is 0 Å². The smallest absolute Gasteiger partial charge is 0.299 e. The molecule has 0 aliphatic carbocycles. The van der Waals surface area contributed by atoms with E-state index in [0.29, 0.717) is 11.3 Å². The Hall–Kier alpha value is -1.88. The van der Waals surface area contributed by atoms with Gasteiger partial charge in [0, 0.05) is 32.4 Å². The summed E-state index contributed by atoms with van der Waals surface area (Å²) in [5.74, 6) is -0.855. The van der Waals surface area contributed by atoms with Gasteiger partial charge in [0.15, 0.2) is 0 Å². The number of benzene rings is 1. The Labute approximate surface area is 126 Å². The quantitative estimate of drug-likeness (QED) is 0.747. The zero-order chi connectivity index (χ0) is 15.6. The summed E-state index contributed by atoms with van der Waals surface area (Å²) >= 11 is 0. The highest BCUT2D eigenvalue weighted by Gasteiger charge is 2.33. The number of anilines is 2. The van der Waals surface area contributed by atoms with Crippen LogP contribution in [0.5, 0.6) is 0 Å². The molecule has 5 nitrogen and oxygen atoms in total. The first-order valence-electron chi connectivity index (χ1n) is 7.31. The van der Waals surface area contributed by atoms with Crippen LogP contribution in [-0.4, -0.2) is 57.4 Å². The Kier molecular flexibility index (Phi) is 4.63. The van der Waals surface area contributed by atoms with Gasteiger partial charge in [-0.1, -0.05) is 6.92 Å². The lowest BCUT2D eigenvalue weighted by atomic mass is 10.1. The average Bonchev–Trinajstić information content (AvgIpc) is 2.68. The van der Waals surface area contributed by atoms with Crippen LogP contribution in [0.25, 0.3) is 0 Å². The summed E-state index contributed by atoms with van der Waals surface area (Å²) in [6.07, 6.45) is 1.05. The maximum atomic E-state index is 11.8. The maximum absolute atomic E-state index is 11.8. The van der Waals surface area contributed by atoms with Crippen molar-refractivity contribution in [3.8, 4) is 0 Å². The molecule has 0 atom stereocenters. The number of rotatable bonds is 6. The molecule has 1 amide bonds. The summed E-state index contributed by atoms with van der Waals surface area (Å²) < 4.78 is 0. The molecule has 1 aliphatic rings. The molecule has 1 aromatic carbocycles. The number of carbonyl (C=O) groups excluding carboxylic acids is 2. The Morgan fingerprint density at radius 1 is 1.10 bits per heavy atom. The molecule has 21 heavy (non-hydrogen) atoms. The highest BCUT2D eigenvalue weighted by atomic mass is 16.2. The first-order valence-corrected chi connectivity index (χ1v) is 7.31. The van der Waals surface area contributed by atoms with Gasteiger partial charge in [-0.25, -0.2) is 0 Å². The summed E-state index contributed by atoms with van der Waals surface area (Å²) in [6, 6.07) is 5.66. The summed E-state index contributed by atoms with van der Waals surface area (Å²) in [5.41, 5.74) is 2.29. The van der Waals surface area contributed by atoms with Gasteiger partial charge in [-0.3, -0.25) is 9.59 Å². The van der Waals surface area contributed by atoms with E-state index in [0.717, 1.165) is 31.7 Å². The molecule has 0 unspecified atom stereocenters. The molecule has 0 saturated carbocycles. The van der Waals surface area contributed by atoms with Crippen molar-refractivity contribution in [1.82, 2.24) is 4.90 Å². The second-order valence-electron chi connectivity index (χ2n) is 5.69. The van der Waals surface area contributed by atoms with Crippen LogP contribution in [0.15, 0.2) is 18.2 Å². The molecular formula is C16H23N3O2. The van der Waals surface area contributed by atoms with E-state index in [4.69, 9.17) is 0 Å². The molecule has 0 radical (unpaired) electrons. The van der Waals surface area contributed by atoms with Crippen molar-refractivity contribution in [3.05, 3.63) is 23.8 Å². The number of hydrogen-bond donors (Lipinski definition) is 0. The third-order valence-electron chi connectivity index (χ3n) is 3.76. The zero-order valence-electron chi connectivity index (χ0n) is 13.2. The van der Waals surface area contributed by atoms with Gasteiger partial charge in [0.2, 0.25) is 0 Å². The number of Topliss-reactive ketones (excluding diaryl/α,β-unsaturated/α-hetero) is 1. The SMILES string of the molecule is CCCN(CCN(C)C)c1ccc2c(c1)N(C)C(=O)C2=O. The first kappa shape index (κ1) is 15.5. The summed E-state index contributed by atoms with van der Waals surface area (Å²) in [7, 11) is 5.76. The monoisotopic (exact) mass is 289 g/mol. The second kappa shape index (κ2) is 6.26. The summed E-state index contributed by atoms with van der Waals surface area (Å²) in [4.78, 5) is 29.4. The van der Waals surface area contributed by atoms with Crippen LogP contribution < -0.4 is 9.80 Å². The predicted octanol–water partition coefficient (Wildman–Crippen LogP) is 1.62. The van der Waals surface area contributed by atoms with Gasteiger partial charge in [0.1, 0.15) is 0 Å². The Morgan fingerprint density at radius 3 is 2.43 bits per heavy atom. The van der Waals surface area contributed by atoms with Crippen molar-refractivity contribution in [2.45, 2.75) is 13.3 Å². The van der Waals surface area contributed by atoms with Crippen molar-refractivity contribution in [3.63, 3.8) is 0 Å². The molecule has 0 aromatic heterocycles. The van der Waals surface area contributed by atoms with E-state index in [9.17, 15) is 9.59 Å². The number of likely N-dealkylation sites (N-methyl/N-ethyl adjacent to an activating group) is 2. The third kappa shape index (κ3) is 3.08. The predicted molar refractivity (Wildman–Crippen MR) is 85.2 cm³/mol. The average molecular weight is 289 g/mol. The van der Waals surface area contributed by atoms with Crippen molar-refractivity contribution in [2.24, 2.45) is 0 Å². The number of nitrogens with zero attached hydrogens (tertiary/aromatic N) is 3. The lowest BCUT2D eigenvalue weighted by molar-refractivity contribution is -0.114. The van der Waals surface area contributed by atoms with Crippen LogP contribution in [0.4, 0.5) is 11.4 Å². The van der Waals surface area contributed by atoms with Crippen LogP contribution in [0, 0.1) is 0 Å². The lowest BCUT2D eigenvalue weighted by Gasteiger charge is -2.26. The van der Waals surface area contributed by atoms with Crippen LogP contribution >= 0.6 is 0 Å². The largest absolute Gasteiger partial charge is 0.370 e. The van der Waals surface area contributed by atoms with Gasteiger partial charge in [-0.15, -0.1) is 0 Å². The fourth-order valence-electron chi connectivity index (χ4n) is 2.52. The van der Waals surface area contributed by atoms with Crippen molar-refractivity contribution in [1.29, 1.82) is 0 Å². The normalized spacial score (nSPS) is 14.0. The van der Waals surface area contributed by atoms with Crippen molar-refractivity contribution in [2.75, 3.05) is 50.6 Å². The molecule has 0 N–H and O–H groups in total. The van der Waals surface area contributed by atoms with Crippen LogP contribution in [-0.2, 0) is 4.79 Å². The second-order valence-corrected chi connectivity index (χ2v) is 5.69. The van der Waals surface area contributed by atoms with Gasteiger partial charge in [0.05, 0.1) is 11.3 Å². The van der Waals surface area contributed by atoms with E-state index in [1.165, 1.54) is 4.90 Å². The summed E-state index contributed by atoms with van der Waals surface area (Å²) in [6.45, 7) is 4.99. The number of ketones is 1. The molecule has 1 heterocycles. The zero-order valence-corrected chi connectivity index (χ0v) is 13.2. The third-order valence-corrected chi connectivity index (χ3v) is 3.76. The van der Waals surface area contributed by atoms with E-state index in [1.54, 1.807) is 13.1 Å². The maximum Gasteiger partial charge on any atom is 0.299 e. The minimum absolute atomic E-state index is 0.408. The number of fused-ring (bicyclic) bond motifs is 1. The minimum atomic E-state index is -0.447. The van der Waals surface area contributed by atoms with Crippen molar-refractivity contribution >= 4 is 23.1 Å². The van der Waals surface area contributed by atoms with E-state index >= 15 is 0 Å². The number of carbonyl (C=O) groups is 2. The highest BCUT2D eigenvalue weighted by molar-refractivity contribution is 6.52.